The van der Waals surface area contributed by atoms with Crippen molar-refractivity contribution >= 4 is 23.6 Å². The van der Waals surface area contributed by atoms with Crippen molar-refractivity contribution in [2.75, 3.05) is 79.3 Å². The average Bonchev–Trinajstić information content (AvgIpc) is 0.841. The second-order valence-electron chi connectivity index (χ2n) is 36.6. The summed E-state index contributed by atoms with van der Waals surface area (Å²) in [4.78, 5) is 53.0. The van der Waals surface area contributed by atoms with E-state index in [1.165, 1.54) is 0 Å². The molecule has 60 atom stereocenters. The highest BCUT2D eigenvalue weighted by Crippen LogP contribution is 2.43. The number of aliphatic hydroxyl groups excluding tert-OH is 34. The largest absolute Gasteiger partial charge is 0.394 e. The van der Waals surface area contributed by atoms with E-state index in [0.29, 0.717) is 0 Å². The van der Waals surface area contributed by atoms with E-state index in [0.717, 1.165) is 27.7 Å². The summed E-state index contributed by atoms with van der Waals surface area (Å²) in [7, 11) is 0. The zero-order valence-corrected chi connectivity index (χ0v) is 77.4. The second-order valence-corrected chi connectivity index (χ2v) is 36.6. The number of amides is 4. The summed E-state index contributed by atoms with van der Waals surface area (Å²) < 4.78 is 135. The summed E-state index contributed by atoms with van der Waals surface area (Å²) >= 11 is 0. The fraction of sp³-hybridized carbons (Fsp3) is 0.950. The van der Waals surface area contributed by atoms with Crippen molar-refractivity contribution in [3.63, 3.8) is 0 Å². The molecular weight excluding hydrogens is 1990 g/mol. The van der Waals surface area contributed by atoms with Crippen LogP contribution in [0.25, 0.3) is 0 Å². The van der Waals surface area contributed by atoms with E-state index >= 15 is 0 Å². The maximum absolute atomic E-state index is 13.5. The van der Waals surface area contributed by atoms with Gasteiger partial charge in [-0.1, -0.05) is 0 Å². The Labute approximate surface area is 819 Å². The quantitative estimate of drug-likeness (QED) is 0.0273. The Morgan fingerprint density at radius 3 is 0.600 bits per heavy atom. The normalized spacial score (nSPS) is 50.1. The van der Waals surface area contributed by atoms with E-state index < -0.39 is 471 Å². The Bertz CT molecular complexity index is 4000. The van der Waals surface area contributed by atoms with E-state index in [1.807, 2.05) is 0 Å². The van der Waals surface area contributed by atoms with Gasteiger partial charge in [0, 0.05) is 27.7 Å². The van der Waals surface area contributed by atoms with Gasteiger partial charge in [-0.2, -0.15) is 0 Å². The molecule has 0 radical (unpaired) electrons. The third-order valence-corrected chi connectivity index (χ3v) is 26.7. The number of rotatable bonds is 38. The molecule has 65 nitrogen and oxygen atoms in total. The van der Waals surface area contributed by atoms with Gasteiger partial charge in [-0.15, -0.1) is 0 Å². The van der Waals surface area contributed by atoms with E-state index in [9.17, 15) is 193 Å². The second kappa shape index (κ2) is 52.2. The third kappa shape index (κ3) is 26.0. The molecule has 12 aliphatic heterocycles. The molecule has 0 aliphatic carbocycles. The minimum atomic E-state index is -2.64. The number of aliphatic hydroxyl groups is 34. The summed E-state index contributed by atoms with van der Waals surface area (Å²) in [5.74, 6) is -4.10. The zero-order chi connectivity index (χ0) is 107. The first kappa shape index (κ1) is 119. The molecule has 840 valence electrons. The maximum Gasteiger partial charge on any atom is 0.217 e. The fourth-order valence-electron chi connectivity index (χ4n) is 18.9. The molecule has 0 aromatic heterocycles. The van der Waals surface area contributed by atoms with Gasteiger partial charge in [-0.05, 0) is 0 Å². The van der Waals surface area contributed by atoms with E-state index in [-0.39, 0.29) is 0 Å². The molecule has 12 aliphatic rings. The molecular formula is C80H134N4O61. The minimum Gasteiger partial charge on any atom is -0.394 e. The highest BCUT2D eigenvalue weighted by atomic mass is 16.8. The number of carbonyl (C=O) groups excluding carboxylic acids is 4. The number of carbonyl (C=O) groups is 4. The standard InChI is InChI=1S/C80H134N4O61/c1-17(96)81-33-44(107)59(136-77-56(119)66(41(104)25(9-89)128-77)144-74-52(115)48(111)37(100)21(5-85)125-74)28(12-92)131-70(33)123-16-32-43(106)68(58(121)80(135-32)139-62-31(15-95)133-72(35(47(62)110)83-19(3)98)142-65-40(103)24(8-88)130-79(55(65)118)140-63-27(11-91)124-69(122)51(114)50(63)113)143-73-36(84-20(4)99)46(109)60(30(14-94)134-73)137-76-54(117)64(39(102)23(7-87)127-76)141-71-34(82-18(2)97)45(108)61(29(13-93)132-71)138-78-57(120)67(42(105)26(10-90)129-78)145-75-53(116)49(112)38(101)22(6-86)126-75/h21-80,85-95,100-122H,5-16H2,1-4H3,(H,81,96)(H,82,97)(H,83,98)(H,84,99)/t21-,22-,23-,24-,25-,26-,27-,28-,29-,30-,31-,32-,33-,34-,35-,36-,37+,38+,39+,40+,41+,42+,43+,44-,45-,46-,47-,48+,49+,50-,51-,52-,53-,54-,55-,56-,57-,58-,59-,60-,61-,62-,63-,64+,65+,66+,67+,68+,69-,70-,71+,72+,73+,74-,75-,76+,77+,78+,79+,80+/m1/s1. The number of hydrogen-bond acceptors (Lipinski definition) is 61. The smallest absolute Gasteiger partial charge is 0.217 e. The van der Waals surface area contributed by atoms with Crippen LogP contribution in [0.4, 0.5) is 0 Å². The summed E-state index contributed by atoms with van der Waals surface area (Å²) in [6, 6.07) is -8.22. The van der Waals surface area contributed by atoms with Crippen LogP contribution in [0.1, 0.15) is 27.7 Å². The van der Waals surface area contributed by atoms with Crippen LogP contribution in [-0.2, 0) is 128 Å². The Balaban J connectivity index is 0.812. The summed E-state index contributed by atoms with van der Waals surface area (Å²) in [5.41, 5.74) is 0. The molecule has 12 heterocycles. The van der Waals surface area contributed by atoms with Crippen molar-refractivity contribution < 1.29 is 302 Å². The van der Waals surface area contributed by atoms with Crippen LogP contribution >= 0.6 is 0 Å². The van der Waals surface area contributed by atoms with Crippen LogP contribution in [0.5, 0.6) is 0 Å². The summed E-state index contributed by atoms with van der Waals surface area (Å²) in [5, 5.41) is 389. The average molecular weight is 2130 g/mol. The molecule has 38 N–H and O–H groups in total. The van der Waals surface area contributed by atoms with Crippen LogP contribution in [0, 0.1) is 0 Å². The van der Waals surface area contributed by atoms with E-state index in [4.69, 9.17) is 109 Å². The number of ether oxygens (including phenoxy) is 23. The van der Waals surface area contributed by atoms with Gasteiger partial charge in [0.25, 0.3) is 0 Å². The number of nitrogens with one attached hydrogen (secondary N) is 4. The van der Waals surface area contributed by atoms with Gasteiger partial charge in [-0.25, -0.2) is 0 Å². The Hall–Kier alpha value is -4.40. The van der Waals surface area contributed by atoms with Gasteiger partial charge in [0.15, 0.2) is 75.5 Å². The molecule has 145 heavy (non-hydrogen) atoms. The fourth-order valence-corrected chi connectivity index (χ4v) is 18.9. The van der Waals surface area contributed by atoms with Gasteiger partial charge < -0.3 is 304 Å². The third-order valence-electron chi connectivity index (χ3n) is 26.7. The highest BCUT2D eigenvalue weighted by Gasteiger charge is 2.64. The van der Waals surface area contributed by atoms with Gasteiger partial charge in [-0.3, -0.25) is 19.2 Å². The van der Waals surface area contributed by atoms with Crippen LogP contribution in [-0.4, -0.2) is 645 Å². The van der Waals surface area contributed by atoms with Crippen molar-refractivity contribution in [1.29, 1.82) is 0 Å². The SMILES string of the molecule is CC(=O)N[C@H]1[C@H](OC[C@H]2O[C@@H](O[C@H]3[C@H](O)[C@@H](NC(C)=O)[C@H](O[C@H]4[C@@H](O)[C@@H](CO)O[C@@H](O[C@H]5[C@H](O)[C@@H](O)[C@H](O)O[C@@H]5CO)[C@@H]4O)O[C@@H]3CO)[C@H](O)[C@@H](O[C@@H]3O[C@H](CO)[C@@H](O[C@@H]4O[C@H](CO)[C@H](O)[C@H](O[C@@H]5O[C@H](CO)[C@@H](O[C@@H]6O[C@H](CO)[C@H](O)[C@H](O[C@H]7O[C@H](CO)[C@H](O)[C@H](O)[C@H]7O)[C@H]6O)[C@H](O)[C@H]5NC(C)=O)[C@H]4O)[C@H](O)[C@H]3NC(C)=O)[C@H]2O)O[C@H](CO)[C@@H](O[C@@H]2O[C@H](CO)[C@H](O)[C@H](O[C@H]3O[C@H](CO)[C@H](O)[C@H](O)[C@H]3O)[C@H]2O)[C@@H]1O. The molecule has 0 aromatic rings. The topological polar surface area (TPSA) is 1020 Å². The van der Waals surface area contributed by atoms with Gasteiger partial charge >= 0.3 is 0 Å². The lowest BCUT2D eigenvalue weighted by Crippen LogP contribution is -2.71. The van der Waals surface area contributed by atoms with Crippen LogP contribution < -0.4 is 21.3 Å². The van der Waals surface area contributed by atoms with Crippen LogP contribution in [0.3, 0.4) is 0 Å². The van der Waals surface area contributed by atoms with Crippen molar-refractivity contribution in [3.05, 3.63) is 0 Å². The first-order valence-corrected chi connectivity index (χ1v) is 46.2. The number of hydrogen-bond donors (Lipinski definition) is 38. The van der Waals surface area contributed by atoms with Crippen molar-refractivity contribution in [2.24, 2.45) is 0 Å². The lowest BCUT2D eigenvalue weighted by molar-refractivity contribution is -0.392. The lowest BCUT2D eigenvalue weighted by atomic mass is 9.93. The molecule has 12 rings (SSSR count). The molecule has 0 aromatic carbocycles. The molecule has 0 spiro atoms. The van der Waals surface area contributed by atoms with Gasteiger partial charge in [0.2, 0.25) is 23.6 Å². The molecule has 12 saturated heterocycles. The highest BCUT2D eigenvalue weighted by molar-refractivity contribution is 5.74. The Morgan fingerprint density at radius 2 is 0.359 bits per heavy atom. The predicted molar refractivity (Wildman–Crippen MR) is 441 cm³/mol. The molecule has 0 unspecified atom stereocenters. The van der Waals surface area contributed by atoms with Gasteiger partial charge in [0.05, 0.1) is 79.3 Å². The Kier molecular flexibility index (Phi) is 42.9. The van der Waals surface area contributed by atoms with Crippen molar-refractivity contribution in [2.45, 2.75) is 396 Å². The first-order chi connectivity index (χ1) is 68.7. The summed E-state index contributed by atoms with van der Waals surface area (Å²) in [6.45, 7) is -10.2. The van der Waals surface area contributed by atoms with Crippen LogP contribution in [0.2, 0.25) is 0 Å². The molecule has 65 heteroatoms. The maximum atomic E-state index is 13.5. The molecule has 4 amide bonds. The molecule has 0 bridgehead atoms. The summed E-state index contributed by atoms with van der Waals surface area (Å²) in [6.07, 6.45) is -119. The van der Waals surface area contributed by atoms with Crippen molar-refractivity contribution in [3.8, 4) is 0 Å². The minimum absolute atomic E-state index is 0.857. The van der Waals surface area contributed by atoms with Crippen molar-refractivity contribution in [1.82, 2.24) is 21.3 Å². The molecule has 12 fully saturated rings. The first-order valence-electron chi connectivity index (χ1n) is 46.2. The van der Waals surface area contributed by atoms with Gasteiger partial charge in [0.1, 0.15) is 293 Å². The zero-order valence-electron chi connectivity index (χ0n) is 77.4. The Morgan fingerprint density at radius 1 is 0.179 bits per heavy atom. The van der Waals surface area contributed by atoms with E-state index in [2.05, 4.69) is 21.3 Å². The predicted octanol–water partition coefficient (Wildman–Crippen LogP) is -26.6. The van der Waals surface area contributed by atoms with Crippen LogP contribution in [0.15, 0.2) is 0 Å². The molecule has 0 saturated carbocycles. The lowest BCUT2D eigenvalue weighted by Gasteiger charge is -2.51. The van der Waals surface area contributed by atoms with E-state index in [1.54, 1.807) is 0 Å². The monoisotopic (exact) mass is 2130 g/mol.